The number of rotatable bonds is 5. The highest BCUT2D eigenvalue weighted by atomic mass is 16.5. The summed E-state index contributed by atoms with van der Waals surface area (Å²) < 4.78 is 7.04. The molecular weight excluding hydrogens is 224 g/mol. The van der Waals surface area contributed by atoms with Crippen LogP contribution < -0.4 is 0 Å². The second kappa shape index (κ2) is 5.22. The number of hydrogen-bond acceptors (Lipinski definition) is 5. The number of hydrogen-bond donors (Lipinski definition) is 1. The fourth-order valence-electron chi connectivity index (χ4n) is 1.27. The van der Waals surface area contributed by atoms with Crippen molar-refractivity contribution in [1.82, 2.24) is 20.2 Å². The van der Waals surface area contributed by atoms with Crippen molar-refractivity contribution >= 4 is 5.97 Å². The number of carboxylic acid groups (broad SMARTS) is 1. The van der Waals surface area contributed by atoms with E-state index in [2.05, 4.69) is 15.5 Å². The van der Waals surface area contributed by atoms with E-state index in [9.17, 15) is 4.79 Å². The van der Waals surface area contributed by atoms with Gasteiger partial charge in [-0.2, -0.15) is 0 Å². The first kappa shape index (κ1) is 13.6. The third-order valence-electron chi connectivity index (χ3n) is 2.08. The second-order valence-electron chi connectivity index (χ2n) is 4.89. The first-order valence-corrected chi connectivity index (χ1v) is 5.42. The zero-order chi connectivity index (χ0) is 13.1. The van der Waals surface area contributed by atoms with Crippen LogP contribution in [0.1, 0.15) is 46.0 Å². The molecule has 0 bridgehead atoms. The first-order valence-electron chi connectivity index (χ1n) is 5.42. The zero-order valence-corrected chi connectivity index (χ0v) is 10.5. The summed E-state index contributed by atoms with van der Waals surface area (Å²) in [5.74, 6) is -0.343. The Kier molecular flexibility index (Phi) is 4.17. The first-order chi connectivity index (χ1) is 7.79. The lowest BCUT2D eigenvalue weighted by molar-refractivity contribution is -0.137. The van der Waals surface area contributed by atoms with Crippen molar-refractivity contribution in [1.29, 1.82) is 0 Å². The maximum Gasteiger partial charge on any atom is 0.305 e. The third kappa shape index (κ3) is 4.48. The number of carbonyl (C=O) groups is 1. The van der Waals surface area contributed by atoms with Crippen LogP contribution in [0.4, 0.5) is 0 Å². The van der Waals surface area contributed by atoms with Crippen molar-refractivity contribution < 1.29 is 14.6 Å². The van der Waals surface area contributed by atoms with Crippen LogP contribution in [0.3, 0.4) is 0 Å². The van der Waals surface area contributed by atoms with Gasteiger partial charge in [0.2, 0.25) is 0 Å². The van der Waals surface area contributed by atoms with E-state index in [0.29, 0.717) is 5.82 Å². The fraction of sp³-hybridized carbons (Fsp3) is 0.800. The van der Waals surface area contributed by atoms with Crippen LogP contribution in [0.5, 0.6) is 0 Å². The van der Waals surface area contributed by atoms with Crippen LogP contribution in [0.2, 0.25) is 0 Å². The summed E-state index contributed by atoms with van der Waals surface area (Å²) in [5.41, 5.74) is -0.285. The molecule has 96 valence electrons. The summed E-state index contributed by atoms with van der Waals surface area (Å²) in [6.45, 7) is 7.82. The Bertz CT molecular complexity index is 383. The van der Waals surface area contributed by atoms with E-state index in [1.807, 2.05) is 20.8 Å². The molecule has 1 N–H and O–H groups in total. The normalized spacial score (nSPS) is 13.6. The predicted molar refractivity (Wildman–Crippen MR) is 59.3 cm³/mol. The molecule has 1 heterocycles. The molecule has 7 heteroatoms. The predicted octanol–water partition coefficient (Wildman–Crippen LogP) is 1.02. The van der Waals surface area contributed by atoms with E-state index in [0.717, 1.165) is 0 Å². The average molecular weight is 242 g/mol. The second-order valence-corrected chi connectivity index (χ2v) is 4.89. The van der Waals surface area contributed by atoms with Crippen LogP contribution in [-0.4, -0.2) is 36.9 Å². The quantitative estimate of drug-likeness (QED) is 0.829. The molecule has 7 nitrogen and oxygen atoms in total. The fourth-order valence-corrected chi connectivity index (χ4v) is 1.27. The van der Waals surface area contributed by atoms with Crippen LogP contribution in [0.15, 0.2) is 0 Å². The molecule has 1 atom stereocenters. The van der Waals surface area contributed by atoms with E-state index in [4.69, 9.17) is 9.84 Å². The maximum absolute atomic E-state index is 10.6. The minimum atomic E-state index is -0.879. The number of aliphatic carboxylic acids is 1. The van der Waals surface area contributed by atoms with Crippen LogP contribution in [0, 0.1) is 0 Å². The summed E-state index contributed by atoms with van der Waals surface area (Å²) in [5, 5.41) is 19.9. The van der Waals surface area contributed by atoms with E-state index in [1.54, 1.807) is 6.92 Å². The van der Waals surface area contributed by atoms with Gasteiger partial charge in [-0.15, -0.1) is 5.10 Å². The number of aromatic nitrogens is 4. The van der Waals surface area contributed by atoms with Gasteiger partial charge in [-0.05, 0) is 38.1 Å². The minimum Gasteiger partial charge on any atom is -0.481 e. The molecule has 1 aromatic rings. The Labute approximate surface area is 99.8 Å². The molecule has 0 saturated heterocycles. The van der Waals surface area contributed by atoms with Crippen molar-refractivity contribution in [2.24, 2.45) is 0 Å². The molecule has 1 rings (SSSR count). The SMILES string of the molecule is CC(CC(=O)O)n1nnnc1COC(C)(C)C. The van der Waals surface area contributed by atoms with E-state index < -0.39 is 5.97 Å². The van der Waals surface area contributed by atoms with Crippen molar-refractivity contribution in [3.63, 3.8) is 0 Å². The third-order valence-corrected chi connectivity index (χ3v) is 2.08. The van der Waals surface area contributed by atoms with Crippen molar-refractivity contribution in [2.75, 3.05) is 0 Å². The number of ether oxygens (including phenoxy) is 1. The molecule has 0 saturated carbocycles. The molecule has 0 aromatic carbocycles. The summed E-state index contributed by atoms with van der Waals surface area (Å²) in [6, 6.07) is -0.291. The Morgan fingerprint density at radius 2 is 2.18 bits per heavy atom. The molecule has 17 heavy (non-hydrogen) atoms. The van der Waals surface area contributed by atoms with Gasteiger partial charge in [0.1, 0.15) is 6.61 Å². The van der Waals surface area contributed by atoms with Gasteiger partial charge in [-0.3, -0.25) is 4.79 Å². The zero-order valence-electron chi connectivity index (χ0n) is 10.5. The highest BCUT2D eigenvalue weighted by Gasteiger charge is 2.18. The molecule has 0 aliphatic rings. The van der Waals surface area contributed by atoms with Gasteiger partial charge in [0.05, 0.1) is 18.1 Å². The minimum absolute atomic E-state index is 0.0203. The largest absolute Gasteiger partial charge is 0.481 e. The Hall–Kier alpha value is -1.50. The molecule has 1 aromatic heterocycles. The Morgan fingerprint density at radius 1 is 1.53 bits per heavy atom. The molecule has 0 aliphatic heterocycles. The van der Waals surface area contributed by atoms with E-state index in [-0.39, 0.29) is 24.7 Å². The van der Waals surface area contributed by atoms with Gasteiger partial charge in [0.15, 0.2) is 5.82 Å². The molecular formula is C10H18N4O3. The lowest BCUT2D eigenvalue weighted by Gasteiger charge is -2.19. The summed E-state index contributed by atoms with van der Waals surface area (Å²) >= 11 is 0. The van der Waals surface area contributed by atoms with E-state index in [1.165, 1.54) is 4.68 Å². The highest BCUT2D eigenvalue weighted by Crippen LogP contribution is 2.14. The standard InChI is InChI=1S/C10H18N4O3/c1-7(5-9(15)16)14-8(11-12-13-14)6-17-10(2,3)4/h7H,5-6H2,1-4H3,(H,15,16). The van der Waals surface area contributed by atoms with Gasteiger partial charge in [-0.1, -0.05) is 0 Å². The summed E-state index contributed by atoms with van der Waals surface area (Å²) in [7, 11) is 0. The smallest absolute Gasteiger partial charge is 0.305 e. The van der Waals surface area contributed by atoms with Gasteiger partial charge in [0, 0.05) is 0 Å². The van der Waals surface area contributed by atoms with Gasteiger partial charge >= 0.3 is 5.97 Å². The number of carboxylic acids is 1. The number of tetrazole rings is 1. The molecule has 1 unspecified atom stereocenters. The van der Waals surface area contributed by atoms with Crippen molar-refractivity contribution in [3.8, 4) is 0 Å². The molecule has 0 aliphatic carbocycles. The van der Waals surface area contributed by atoms with E-state index >= 15 is 0 Å². The van der Waals surface area contributed by atoms with Crippen molar-refractivity contribution in [2.45, 2.75) is 52.4 Å². The lowest BCUT2D eigenvalue weighted by Crippen LogP contribution is -2.22. The average Bonchev–Trinajstić information content (AvgIpc) is 2.60. The van der Waals surface area contributed by atoms with Gasteiger partial charge in [-0.25, -0.2) is 4.68 Å². The Balaban J connectivity index is 2.68. The van der Waals surface area contributed by atoms with Crippen molar-refractivity contribution in [3.05, 3.63) is 5.82 Å². The summed E-state index contributed by atoms with van der Waals surface area (Å²) in [4.78, 5) is 10.6. The summed E-state index contributed by atoms with van der Waals surface area (Å²) in [6.07, 6.45) is -0.0203. The lowest BCUT2D eigenvalue weighted by atomic mass is 10.2. The Morgan fingerprint density at radius 3 is 2.71 bits per heavy atom. The molecule has 0 radical (unpaired) electrons. The monoisotopic (exact) mass is 242 g/mol. The molecule has 0 amide bonds. The van der Waals surface area contributed by atoms with Gasteiger partial charge < -0.3 is 9.84 Å². The molecule has 0 fully saturated rings. The van der Waals surface area contributed by atoms with Crippen LogP contribution in [-0.2, 0) is 16.1 Å². The van der Waals surface area contributed by atoms with Gasteiger partial charge in [0.25, 0.3) is 0 Å². The maximum atomic E-state index is 10.6. The highest BCUT2D eigenvalue weighted by molar-refractivity contribution is 5.67. The number of nitrogens with zero attached hydrogens (tertiary/aromatic N) is 4. The van der Waals surface area contributed by atoms with Crippen LogP contribution in [0.25, 0.3) is 0 Å². The van der Waals surface area contributed by atoms with Crippen LogP contribution >= 0.6 is 0 Å². The molecule has 0 spiro atoms. The topological polar surface area (TPSA) is 90.1 Å².